The van der Waals surface area contributed by atoms with Crippen molar-refractivity contribution in [2.24, 2.45) is 0 Å². The summed E-state index contributed by atoms with van der Waals surface area (Å²) in [7, 11) is 1.63. The van der Waals surface area contributed by atoms with Gasteiger partial charge in [0, 0.05) is 43.7 Å². The van der Waals surface area contributed by atoms with E-state index in [-0.39, 0.29) is 12.5 Å². The molecule has 3 rings (SSSR count). The van der Waals surface area contributed by atoms with Crippen LogP contribution in [0.15, 0.2) is 52.3 Å². The summed E-state index contributed by atoms with van der Waals surface area (Å²) in [5.74, 6) is 0.716. The van der Waals surface area contributed by atoms with Crippen molar-refractivity contribution >= 4 is 46.9 Å². The van der Waals surface area contributed by atoms with Gasteiger partial charge in [0.1, 0.15) is 5.75 Å². The lowest BCUT2D eigenvalue weighted by atomic mass is 10.2. The number of aliphatic hydroxyl groups excluding tert-OH is 1. The average Bonchev–Trinajstić information content (AvgIpc) is 2.84. The van der Waals surface area contributed by atoms with Gasteiger partial charge in [0.05, 0.1) is 41.9 Å². The van der Waals surface area contributed by atoms with Gasteiger partial charge in [-0.2, -0.15) is 0 Å². The van der Waals surface area contributed by atoms with Crippen LogP contribution in [0, 0.1) is 0 Å². The second-order valence-corrected chi connectivity index (χ2v) is 9.21. The fourth-order valence-corrected chi connectivity index (χ4v) is 4.93. The number of methoxy groups -OCH3 is 1. The minimum atomic E-state index is -0.0501. The summed E-state index contributed by atoms with van der Waals surface area (Å²) in [4.78, 5) is 18.5. The van der Waals surface area contributed by atoms with Crippen LogP contribution >= 0.6 is 35.0 Å². The molecule has 0 bridgehead atoms. The van der Waals surface area contributed by atoms with Crippen molar-refractivity contribution in [3.05, 3.63) is 58.1 Å². The number of halogens is 2. The molecular weight excluding hydrogens is 483 g/mol. The lowest BCUT2D eigenvalue weighted by molar-refractivity contribution is -0.127. The molecular formula is C24H28Cl2N2O4S. The summed E-state index contributed by atoms with van der Waals surface area (Å²) in [5.41, 5.74) is 0.694. The molecule has 1 heterocycles. The maximum absolute atomic E-state index is 12.6. The van der Waals surface area contributed by atoms with Gasteiger partial charge in [-0.15, -0.1) is 0 Å². The van der Waals surface area contributed by atoms with Gasteiger partial charge in [-0.25, -0.2) is 0 Å². The first-order chi connectivity index (χ1) is 16.0. The van der Waals surface area contributed by atoms with E-state index in [4.69, 9.17) is 37.8 Å². The number of carbonyl (C=O) groups excluding carboxylic acids is 1. The SMILES string of the molecule is COc1ccccc1Sc1ccc(/C=C/C(=O)N2CCN(CCOCCO)CC2)c(Cl)c1Cl. The number of amides is 1. The molecule has 0 aromatic heterocycles. The highest BCUT2D eigenvalue weighted by Crippen LogP contribution is 2.42. The molecule has 1 N–H and O–H groups in total. The largest absolute Gasteiger partial charge is 0.496 e. The Morgan fingerprint density at radius 2 is 1.82 bits per heavy atom. The summed E-state index contributed by atoms with van der Waals surface area (Å²) in [6.07, 6.45) is 3.26. The molecule has 33 heavy (non-hydrogen) atoms. The maximum atomic E-state index is 12.6. The Hall–Kier alpha value is -1.74. The van der Waals surface area contributed by atoms with Crippen molar-refractivity contribution in [3.8, 4) is 5.75 Å². The van der Waals surface area contributed by atoms with Crippen LogP contribution < -0.4 is 4.74 Å². The highest BCUT2D eigenvalue weighted by Gasteiger charge is 2.19. The van der Waals surface area contributed by atoms with Gasteiger partial charge in [-0.3, -0.25) is 9.69 Å². The average molecular weight is 511 g/mol. The number of piperazine rings is 1. The molecule has 0 unspecified atom stereocenters. The normalized spacial score (nSPS) is 14.7. The van der Waals surface area contributed by atoms with E-state index in [9.17, 15) is 4.79 Å². The Labute approximate surface area is 209 Å². The molecule has 6 nitrogen and oxygen atoms in total. The third-order valence-corrected chi connectivity index (χ3v) is 7.37. The van der Waals surface area contributed by atoms with Crippen LogP contribution in [0.5, 0.6) is 5.75 Å². The molecule has 1 amide bonds. The van der Waals surface area contributed by atoms with E-state index in [2.05, 4.69) is 4.90 Å². The van der Waals surface area contributed by atoms with Crippen molar-refractivity contribution in [1.29, 1.82) is 0 Å². The molecule has 1 saturated heterocycles. The summed E-state index contributed by atoms with van der Waals surface area (Å²) in [5, 5.41) is 9.60. The smallest absolute Gasteiger partial charge is 0.246 e. The first-order valence-corrected chi connectivity index (χ1v) is 12.3. The number of hydrogen-bond acceptors (Lipinski definition) is 6. The number of ether oxygens (including phenoxy) is 2. The molecule has 0 atom stereocenters. The van der Waals surface area contributed by atoms with Gasteiger partial charge in [-0.05, 0) is 29.8 Å². The molecule has 0 radical (unpaired) electrons. The van der Waals surface area contributed by atoms with Crippen LogP contribution in [0.3, 0.4) is 0 Å². The topological polar surface area (TPSA) is 62.2 Å². The summed E-state index contributed by atoms with van der Waals surface area (Å²) in [6, 6.07) is 11.5. The van der Waals surface area contributed by atoms with Gasteiger partial charge in [0.2, 0.25) is 5.91 Å². The lowest BCUT2D eigenvalue weighted by Gasteiger charge is -2.34. The second-order valence-electron chi connectivity index (χ2n) is 7.37. The van der Waals surface area contributed by atoms with E-state index in [1.807, 2.05) is 41.3 Å². The van der Waals surface area contributed by atoms with Crippen molar-refractivity contribution in [2.75, 3.05) is 59.7 Å². The van der Waals surface area contributed by atoms with E-state index < -0.39 is 0 Å². The van der Waals surface area contributed by atoms with Crippen molar-refractivity contribution in [1.82, 2.24) is 9.80 Å². The van der Waals surface area contributed by atoms with Crippen LogP contribution in [0.1, 0.15) is 5.56 Å². The fourth-order valence-electron chi connectivity index (χ4n) is 3.39. The molecule has 1 fully saturated rings. The minimum Gasteiger partial charge on any atom is -0.496 e. The molecule has 0 aliphatic carbocycles. The number of benzene rings is 2. The number of nitrogens with zero attached hydrogens (tertiary/aromatic N) is 2. The van der Waals surface area contributed by atoms with Gasteiger partial charge < -0.3 is 19.5 Å². The van der Waals surface area contributed by atoms with Crippen LogP contribution in [0.25, 0.3) is 6.08 Å². The molecule has 2 aromatic carbocycles. The Morgan fingerprint density at radius 3 is 2.55 bits per heavy atom. The number of rotatable bonds is 10. The monoisotopic (exact) mass is 510 g/mol. The van der Waals surface area contributed by atoms with E-state index in [0.29, 0.717) is 41.9 Å². The molecule has 2 aromatic rings. The number of carbonyl (C=O) groups is 1. The number of para-hydroxylation sites is 1. The Balaban J connectivity index is 1.57. The number of aliphatic hydroxyl groups is 1. The van der Waals surface area contributed by atoms with Crippen molar-refractivity contribution < 1.29 is 19.4 Å². The van der Waals surface area contributed by atoms with Crippen LogP contribution in [0.2, 0.25) is 10.0 Å². The van der Waals surface area contributed by atoms with Crippen LogP contribution in [-0.2, 0) is 9.53 Å². The second kappa shape index (κ2) is 13.2. The zero-order valence-electron chi connectivity index (χ0n) is 18.5. The summed E-state index contributed by atoms with van der Waals surface area (Å²) in [6.45, 7) is 4.68. The highest BCUT2D eigenvalue weighted by atomic mass is 35.5. The summed E-state index contributed by atoms with van der Waals surface area (Å²) < 4.78 is 10.7. The lowest BCUT2D eigenvalue weighted by Crippen LogP contribution is -2.49. The van der Waals surface area contributed by atoms with Crippen LogP contribution in [-0.4, -0.2) is 80.5 Å². The van der Waals surface area contributed by atoms with Gasteiger partial charge >= 0.3 is 0 Å². The van der Waals surface area contributed by atoms with E-state index in [1.54, 1.807) is 19.3 Å². The zero-order valence-corrected chi connectivity index (χ0v) is 20.8. The molecule has 1 aliphatic heterocycles. The van der Waals surface area contributed by atoms with Gasteiger partial charge in [0.15, 0.2) is 0 Å². The van der Waals surface area contributed by atoms with Crippen molar-refractivity contribution in [3.63, 3.8) is 0 Å². The van der Waals surface area contributed by atoms with Gasteiger partial charge in [-0.1, -0.05) is 53.2 Å². The van der Waals surface area contributed by atoms with E-state index in [1.165, 1.54) is 11.8 Å². The first kappa shape index (κ1) is 25.9. The van der Waals surface area contributed by atoms with Crippen molar-refractivity contribution in [2.45, 2.75) is 9.79 Å². The molecule has 178 valence electrons. The Morgan fingerprint density at radius 1 is 1.06 bits per heavy atom. The quantitative estimate of drug-likeness (QED) is 0.379. The van der Waals surface area contributed by atoms with E-state index in [0.717, 1.165) is 35.2 Å². The Bertz CT molecular complexity index is 965. The third kappa shape index (κ3) is 7.37. The third-order valence-electron chi connectivity index (χ3n) is 5.24. The fraction of sp³-hybridized carbons (Fsp3) is 0.375. The predicted molar refractivity (Wildman–Crippen MR) is 134 cm³/mol. The molecule has 0 spiro atoms. The standard InChI is InChI=1S/C24H28Cl2N2O4S/c1-31-19-4-2-3-5-20(19)33-21-8-6-18(23(25)24(21)26)7-9-22(30)28-12-10-27(11-13-28)14-16-32-17-15-29/h2-9,29H,10-17H2,1H3/b9-7+. The minimum absolute atomic E-state index is 0.0349. The zero-order chi connectivity index (χ0) is 23.6. The molecule has 1 aliphatic rings. The molecule has 9 heteroatoms. The number of hydrogen-bond donors (Lipinski definition) is 1. The van der Waals surface area contributed by atoms with Gasteiger partial charge in [0.25, 0.3) is 0 Å². The predicted octanol–water partition coefficient (Wildman–Crippen LogP) is 4.32. The first-order valence-electron chi connectivity index (χ1n) is 10.7. The summed E-state index contributed by atoms with van der Waals surface area (Å²) >= 11 is 14.5. The highest BCUT2D eigenvalue weighted by molar-refractivity contribution is 7.99. The molecule has 0 saturated carbocycles. The van der Waals surface area contributed by atoms with Crippen LogP contribution in [0.4, 0.5) is 0 Å². The van der Waals surface area contributed by atoms with E-state index >= 15 is 0 Å². The Kier molecular flexibility index (Phi) is 10.4. The maximum Gasteiger partial charge on any atom is 0.246 e.